The number of amides is 2. The fourth-order valence-corrected chi connectivity index (χ4v) is 3.82. The molecule has 3 aromatic carbocycles. The minimum atomic E-state index is -0.492. The van der Waals surface area contributed by atoms with Crippen molar-refractivity contribution in [3.8, 4) is 11.4 Å². The highest BCUT2D eigenvalue weighted by Crippen LogP contribution is 2.24. The first kappa shape index (κ1) is 23.0. The molecule has 0 aliphatic rings. The average Bonchev–Trinajstić information content (AvgIpc) is 2.84. The molecule has 34 heavy (non-hydrogen) atoms. The van der Waals surface area contributed by atoms with Crippen molar-refractivity contribution >= 4 is 22.6 Å². The molecule has 0 aliphatic heterocycles. The van der Waals surface area contributed by atoms with E-state index < -0.39 is 6.04 Å². The zero-order valence-electron chi connectivity index (χ0n) is 19.8. The standard InChI is InChI=1S/C27H28N4O3/c1-5-34-22-15-13-21(14-16-22)31-25(29-24-12-7-6-11-23(24)26(31)32)19(3)30(4)27(33)28-20-10-8-9-18(2)17-20/h6-17,19H,5H2,1-4H3,(H,28,33). The van der Waals surface area contributed by atoms with E-state index in [2.05, 4.69) is 5.32 Å². The molecule has 1 atom stereocenters. The van der Waals surface area contributed by atoms with E-state index in [9.17, 15) is 9.59 Å². The highest BCUT2D eigenvalue weighted by atomic mass is 16.5. The van der Waals surface area contributed by atoms with Crippen LogP contribution in [0, 0.1) is 6.92 Å². The lowest BCUT2D eigenvalue weighted by atomic mass is 10.2. The molecule has 1 aromatic heterocycles. The maximum Gasteiger partial charge on any atom is 0.322 e. The first-order valence-corrected chi connectivity index (χ1v) is 11.2. The summed E-state index contributed by atoms with van der Waals surface area (Å²) in [7, 11) is 1.69. The average molecular weight is 457 g/mol. The fourth-order valence-electron chi connectivity index (χ4n) is 3.82. The van der Waals surface area contributed by atoms with Crippen LogP contribution < -0.4 is 15.6 Å². The summed E-state index contributed by atoms with van der Waals surface area (Å²) in [4.78, 5) is 32.9. The first-order valence-electron chi connectivity index (χ1n) is 11.2. The van der Waals surface area contributed by atoms with Crippen molar-refractivity contribution in [3.63, 3.8) is 0 Å². The zero-order valence-corrected chi connectivity index (χ0v) is 19.8. The van der Waals surface area contributed by atoms with Crippen LogP contribution in [0.1, 0.15) is 31.3 Å². The Labute approximate surface area is 198 Å². The van der Waals surface area contributed by atoms with Gasteiger partial charge in [0, 0.05) is 12.7 Å². The normalized spacial score (nSPS) is 11.8. The largest absolute Gasteiger partial charge is 0.494 e. The van der Waals surface area contributed by atoms with Crippen molar-refractivity contribution in [3.05, 3.63) is 94.5 Å². The van der Waals surface area contributed by atoms with Crippen LogP contribution in [-0.4, -0.2) is 34.1 Å². The van der Waals surface area contributed by atoms with Crippen LogP contribution in [0.4, 0.5) is 10.5 Å². The summed E-state index contributed by atoms with van der Waals surface area (Å²) in [5.41, 5.74) is 2.81. The second-order valence-corrected chi connectivity index (χ2v) is 8.14. The van der Waals surface area contributed by atoms with Crippen molar-refractivity contribution in [2.75, 3.05) is 19.0 Å². The van der Waals surface area contributed by atoms with E-state index in [1.165, 1.54) is 0 Å². The van der Waals surface area contributed by atoms with Crippen molar-refractivity contribution in [2.24, 2.45) is 0 Å². The second-order valence-electron chi connectivity index (χ2n) is 8.14. The number of benzene rings is 3. The highest BCUT2D eigenvalue weighted by Gasteiger charge is 2.24. The Hall–Kier alpha value is -4.13. The number of rotatable bonds is 6. The number of aromatic nitrogens is 2. The molecular formula is C27H28N4O3. The summed E-state index contributed by atoms with van der Waals surface area (Å²) in [5, 5.41) is 3.43. The van der Waals surface area contributed by atoms with E-state index in [4.69, 9.17) is 9.72 Å². The third-order valence-electron chi connectivity index (χ3n) is 5.75. The topological polar surface area (TPSA) is 76.5 Å². The van der Waals surface area contributed by atoms with E-state index in [1.807, 2.05) is 87.5 Å². The zero-order chi connectivity index (χ0) is 24.2. The molecule has 7 heteroatoms. The molecule has 0 spiro atoms. The number of urea groups is 1. The minimum absolute atomic E-state index is 0.191. The van der Waals surface area contributed by atoms with Crippen molar-refractivity contribution < 1.29 is 9.53 Å². The molecule has 4 aromatic rings. The quantitative estimate of drug-likeness (QED) is 0.426. The number of ether oxygens (including phenoxy) is 1. The molecule has 2 amide bonds. The molecule has 7 nitrogen and oxygen atoms in total. The Morgan fingerprint density at radius 3 is 2.53 bits per heavy atom. The Balaban J connectivity index is 1.76. The van der Waals surface area contributed by atoms with Gasteiger partial charge in [-0.25, -0.2) is 9.78 Å². The molecule has 1 unspecified atom stereocenters. The lowest BCUT2D eigenvalue weighted by Crippen LogP contribution is -2.37. The molecule has 1 N–H and O–H groups in total. The number of hydrogen-bond donors (Lipinski definition) is 1. The Morgan fingerprint density at radius 2 is 1.82 bits per heavy atom. The van der Waals surface area contributed by atoms with Gasteiger partial charge in [-0.3, -0.25) is 9.36 Å². The van der Waals surface area contributed by atoms with E-state index in [0.717, 1.165) is 11.3 Å². The van der Waals surface area contributed by atoms with Crippen LogP contribution >= 0.6 is 0 Å². The van der Waals surface area contributed by atoms with Crippen LogP contribution in [0.5, 0.6) is 5.75 Å². The van der Waals surface area contributed by atoms with Crippen LogP contribution in [0.2, 0.25) is 0 Å². The van der Waals surface area contributed by atoms with Gasteiger partial charge in [0.15, 0.2) is 0 Å². The molecule has 0 saturated carbocycles. The minimum Gasteiger partial charge on any atom is -0.494 e. The lowest BCUT2D eigenvalue weighted by molar-refractivity contribution is 0.205. The summed E-state index contributed by atoms with van der Waals surface area (Å²) < 4.78 is 7.11. The van der Waals surface area contributed by atoms with Gasteiger partial charge in [0.05, 0.1) is 29.2 Å². The van der Waals surface area contributed by atoms with E-state index in [1.54, 1.807) is 22.6 Å². The van der Waals surface area contributed by atoms with Gasteiger partial charge < -0.3 is 15.0 Å². The van der Waals surface area contributed by atoms with Crippen molar-refractivity contribution in [1.82, 2.24) is 14.5 Å². The Morgan fingerprint density at radius 1 is 1.09 bits per heavy atom. The summed E-state index contributed by atoms with van der Waals surface area (Å²) in [6.45, 7) is 6.30. The predicted octanol–water partition coefficient (Wildman–Crippen LogP) is 5.32. The third-order valence-corrected chi connectivity index (χ3v) is 5.75. The predicted molar refractivity (Wildman–Crippen MR) is 135 cm³/mol. The van der Waals surface area contributed by atoms with Gasteiger partial charge in [-0.1, -0.05) is 24.3 Å². The van der Waals surface area contributed by atoms with Crippen molar-refractivity contribution in [2.45, 2.75) is 26.8 Å². The molecule has 0 bridgehead atoms. The summed E-state index contributed by atoms with van der Waals surface area (Å²) >= 11 is 0. The molecule has 1 heterocycles. The number of anilines is 1. The fraction of sp³-hybridized carbons (Fsp3) is 0.222. The van der Waals surface area contributed by atoms with E-state index >= 15 is 0 Å². The summed E-state index contributed by atoms with van der Waals surface area (Å²) in [6.07, 6.45) is 0. The number of fused-ring (bicyclic) bond motifs is 1. The molecule has 0 fully saturated rings. The smallest absolute Gasteiger partial charge is 0.322 e. The first-order chi connectivity index (χ1) is 16.4. The van der Waals surface area contributed by atoms with Gasteiger partial charge in [-0.2, -0.15) is 0 Å². The van der Waals surface area contributed by atoms with Crippen LogP contribution in [0.25, 0.3) is 16.6 Å². The number of nitrogens with one attached hydrogen (secondary N) is 1. The summed E-state index contributed by atoms with van der Waals surface area (Å²) in [6, 6.07) is 21.3. The van der Waals surface area contributed by atoms with Crippen LogP contribution in [-0.2, 0) is 0 Å². The second kappa shape index (κ2) is 9.79. The molecule has 0 saturated heterocycles. The van der Waals surface area contributed by atoms with E-state index in [0.29, 0.717) is 34.7 Å². The number of hydrogen-bond acceptors (Lipinski definition) is 4. The van der Waals surface area contributed by atoms with Gasteiger partial charge in [0.2, 0.25) is 0 Å². The molecular weight excluding hydrogens is 428 g/mol. The Bertz CT molecular complexity index is 1380. The lowest BCUT2D eigenvalue weighted by Gasteiger charge is -2.27. The van der Waals surface area contributed by atoms with Gasteiger partial charge >= 0.3 is 6.03 Å². The maximum absolute atomic E-state index is 13.6. The molecule has 4 rings (SSSR count). The molecule has 0 radical (unpaired) electrons. The highest BCUT2D eigenvalue weighted by molar-refractivity contribution is 5.89. The van der Waals surface area contributed by atoms with Crippen LogP contribution in [0.3, 0.4) is 0 Å². The van der Waals surface area contributed by atoms with E-state index in [-0.39, 0.29) is 11.6 Å². The molecule has 0 aliphatic carbocycles. The number of nitrogens with zero attached hydrogens (tertiary/aromatic N) is 3. The molecule has 174 valence electrons. The Kier molecular flexibility index (Phi) is 6.63. The number of para-hydroxylation sites is 1. The van der Waals surface area contributed by atoms with Gasteiger partial charge in [0.1, 0.15) is 11.6 Å². The number of carbonyl (C=O) groups excluding carboxylic acids is 1. The van der Waals surface area contributed by atoms with Crippen LogP contribution in [0.15, 0.2) is 77.6 Å². The maximum atomic E-state index is 13.6. The van der Waals surface area contributed by atoms with Gasteiger partial charge in [-0.05, 0) is 74.9 Å². The number of carbonyl (C=O) groups is 1. The number of aryl methyl sites for hydroxylation is 1. The summed E-state index contributed by atoms with van der Waals surface area (Å²) in [5.74, 6) is 1.19. The van der Waals surface area contributed by atoms with Crippen molar-refractivity contribution in [1.29, 1.82) is 0 Å². The third kappa shape index (κ3) is 4.64. The van der Waals surface area contributed by atoms with Gasteiger partial charge in [0.25, 0.3) is 5.56 Å². The van der Waals surface area contributed by atoms with Gasteiger partial charge in [-0.15, -0.1) is 0 Å². The monoisotopic (exact) mass is 456 g/mol. The SMILES string of the molecule is CCOc1ccc(-n2c(C(C)N(C)C(=O)Nc3cccc(C)c3)nc3ccccc3c2=O)cc1.